The fourth-order valence-electron chi connectivity index (χ4n) is 3.83. The topological polar surface area (TPSA) is 36.9 Å². The molecule has 2 aromatic rings. The molecular formula is C22H28F3N3OS. The number of alkyl halides is 3. The zero-order chi connectivity index (χ0) is 21.6. The minimum absolute atomic E-state index is 0.427. The summed E-state index contributed by atoms with van der Waals surface area (Å²) in [6.07, 6.45) is -2.11. The van der Waals surface area contributed by atoms with Crippen molar-refractivity contribution in [2.24, 2.45) is 4.99 Å². The molecule has 1 aromatic heterocycles. The number of thiophene rings is 1. The quantitative estimate of drug-likeness (QED) is 0.529. The highest BCUT2D eigenvalue weighted by Gasteiger charge is 2.37. The van der Waals surface area contributed by atoms with Gasteiger partial charge < -0.3 is 15.0 Å². The van der Waals surface area contributed by atoms with Gasteiger partial charge in [0.05, 0.1) is 5.56 Å². The summed E-state index contributed by atoms with van der Waals surface area (Å²) in [5, 5.41) is 5.47. The summed E-state index contributed by atoms with van der Waals surface area (Å²) in [5.74, 6) is 0.740. The lowest BCUT2D eigenvalue weighted by Gasteiger charge is -2.39. The van der Waals surface area contributed by atoms with E-state index < -0.39 is 17.2 Å². The van der Waals surface area contributed by atoms with Crippen molar-refractivity contribution in [1.82, 2.24) is 10.2 Å². The second kappa shape index (κ2) is 9.83. The van der Waals surface area contributed by atoms with Crippen LogP contribution in [-0.2, 0) is 22.7 Å². The third-order valence-corrected chi connectivity index (χ3v) is 6.62. The van der Waals surface area contributed by atoms with Crippen molar-refractivity contribution >= 4 is 17.3 Å². The minimum atomic E-state index is -4.35. The maximum Gasteiger partial charge on any atom is 0.416 e. The largest absolute Gasteiger partial charge is 0.416 e. The summed E-state index contributed by atoms with van der Waals surface area (Å²) in [6, 6.07) is 9.86. The van der Waals surface area contributed by atoms with Gasteiger partial charge in [-0.05, 0) is 42.3 Å². The fourth-order valence-corrected chi connectivity index (χ4v) is 4.52. The molecule has 1 saturated heterocycles. The number of nitrogens with one attached hydrogen (secondary N) is 1. The normalized spacial score (nSPS) is 17.0. The van der Waals surface area contributed by atoms with Gasteiger partial charge in [-0.2, -0.15) is 13.2 Å². The number of hydrogen-bond donors (Lipinski definition) is 1. The molecule has 0 amide bonds. The molecule has 0 spiro atoms. The van der Waals surface area contributed by atoms with Gasteiger partial charge in [0, 0.05) is 50.7 Å². The Morgan fingerprint density at radius 3 is 2.63 bits per heavy atom. The molecule has 1 fully saturated rings. The van der Waals surface area contributed by atoms with Crippen LogP contribution in [0, 0.1) is 0 Å². The molecule has 8 heteroatoms. The van der Waals surface area contributed by atoms with Gasteiger partial charge >= 0.3 is 6.18 Å². The summed E-state index contributed by atoms with van der Waals surface area (Å²) < 4.78 is 45.3. The maximum atomic E-state index is 13.3. The van der Waals surface area contributed by atoms with E-state index in [4.69, 9.17) is 4.74 Å². The zero-order valence-electron chi connectivity index (χ0n) is 17.3. The Morgan fingerprint density at radius 2 is 2.00 bits per heavy atom. The van der Waals surface area contributed by atoms with Crippen LogP contribution in [0.15, 0.2) is 46.8 Å². The molecule has 1 aliphatic heterocycles. The second-order valence-corrected chi connectivity index (χ2v) is 8.66. The van der Waals surface area contributed by atoms with Gasteiger partial charge in [-0.3, -0.25) is 4.99 Å². The lowest BCUT2D eigenvalue weighted by molar-refractivity contribution is -0.137. The second-order valence-electron chi connectivity index (χ2n) is 7.62. The molecule has 30 heavy (non-hydrogen) atoms. The lowest BCUT2D eigenvalue weighted by atomic mass is 9.73. The van der Waals surface area contributed by atoms with Gasteiger partial charge in [0.25, 0.3) is 0 Å². The number of guanidine groups is 1. The van der Waals surface area contributed by atoms with Crippen molar-refractivity contribution in [3.63, 3.8) is 0 Å². The molecule has 1 aromatic carbocycles. The molecule has 1 N–H and O–H groups in total. The molecule has 2 heterocycles. The average Bonchev–Trinajstić information content (AvgIpc) is 3.26. The molecule has 0 atom stereocenters. The van der Waals surface area contributed by atoms with E-state index in [2.05, 4.69) is 26.7 Å². The molecule has 0 bridgehead atoms. The summed E-state index contributed by atoms with van der Waals surface area (Å²) in [6.45, 7) is 2.38. The lowest BCUT2D eigenvalue weighted by Crippen LogP contribution is -2.48. The number of likely N-dealkylation sites (N-methyl/N-ethyl adjacent to an activating group) is 1. The van der Waals surface area contributed by atoms with E-state index in [0.717, 1.165) is 25.0 Å². The van der Waals surface area contributed by atoms with Crippen LogP contribution in [0.25, 0.3) is 0 Å². The third kappa shape index (κ3) is 5.55. The average molecular weight is 440 g/mol. The van der Waals surface area contributed by atoms with E-state index in [-0.39, 0.29) is 0 Å². The Balaban J connectivity index is 1.73. The molecule has 0 unspecified atom stereocenters. The fraction of sp³-hybridized carbons (Fsp3) is 0.500. The highest BCUT2D eigenvalue weighted by atomic mass is 32.1. The van der Waals surface area contributed by atoms with Gasteiger partial charge in [0.2, 0.25) is 0 Å². The number of aliphatic imine (C=N–C) groups is 1. The summed E-state index contributed by atoms with van der Waals surface area (Å²) in [7, 11) is 3.70. The van der Waals surface area contributed by atoms with Crippen molar-refractivity contribution in [1.29, 1.82) is 0 Å². The predicted octanol–water partition coefficient (Wildman–Crippen LogP) is 4.57. The van der Waals surface area contributed by atoms with E-state index in [1.807, 2.05) is 13.1 Å². The highest BCUT2D eigenvalue weighted by molar-refractivity contribution is 7.09. The SMILES string of the molecule is CN=C(NCC1(c2cccc(C(F)(F)F)c2)CCOCC1)N(C)CCc1cccs1. The van der Waals surface area contributed by atoms with Crippen LogP contribution in [0.1, 0.15) is 28.8 Å². The molecule has 164 valence electrons. The van der Waals surface area contributed by atoms with Crippen LogP contribution in [0.4, 0.5) is 13.2 Å². The standard InChI is InChI=1S/C22H28F3N3OS/c1-26-20(28(2)11-8-19-7-4-14-30-19)27-16-21(9-12-29-13-10-21)17-5-3-6-18(15-17)22(23,24)25/h3-7,14-15H,8-13,16H2,1-2H3,(H,26,27). The number of nitrogens with zero attached hydrogens (tertiary/aromatic N) is 2. The van der Waals surface area contributed by atoms with Crippen LogP contribution >= 0.6 is 11.3 Å². The summed E-state index contributed by atoms with van der Waals surface area (Å²) in [5.41, 5.74) is -0.336. The van der Waals surface area contributed by atoms with Gasteiger partial charge in [0.1, 0.15) is 0 Å². The van der Waals surface area contributed by atoms with E-state index in [9.17, 15) is 13.2 Å². The number of benzene rings is 1. The highest BCUT2D eigenvalue weighted by Crippen LogP contribution is 2.37. The van der Waals surface area contributed by atoms with Crippen molar-refractivity contribution < 1.29 is 17.9 Å². The van der Waals surface area contributed by atoms with E-state index >= 15 is 0 Å². The van der Waals surface area contributed by atoms with E-state index in [1.54, 1.807) is 24.5 Å². The summed E-state index contributed by atoms with van der Waals surface area (Å²) >= 11 is 1.73. The molecule has 4 nitrogen and oxygen atoms in total. The molecule has 1 aliphatic rings. The molecular weight excluding hydrogens is 411 g/mol. The first-order valence-corrected chi connectivity index (χ1v) is 10.9. The van der Waals surface area contributed by atoms with Crippen molar-refractivity contribution in [2.45, 2.75) is 30.9 Å². The Labute approximate surface area is 179 Å². The number of ether oxygens (including phenoxy) is 1. The molecule has 0 saturated carbocycles. The zero-order valence-corrected chi connectivity index (χ0v) is 18.2. The van der Waals surface area contributed by atoms with E-state index in [1.165, 1.54) is 17.0 Å². The first kappa shape index (κ1) is 22.6. The van der Waals surface area contributed by atoms with Crippen LogP contribution < -0.4 is 5.32 Å². The van der Waals surface area contributed by atoms with Gasteiger partial charge in [0.15, 0.2) is 5.96 Å². The van der Waals surface area contributed by atoms with Gasteiger partial charge in [-0.25, -0.2) is 0 Å². The maximum absolute atomic E-state index is 13.3. The Morgan fingerprint density at radius 1 is 1.23 bits per heavy atom. The predicted molar refractivity (Wildman–Crippen MR) is 115 cm³/mol. The number of hydrogen-bond acceptors (Lipinski definition) is 3. The monoisotopic (exact) mass is 439 g/mol. The van der Waals surface area contributed by atoms with Crippen LogP contribution in [-0.4, -0.2) is 51.3 Å². The molecule has 0 aliphatic carbocycles. The molecule has 0 radical (unpaired) electrons. The Hall–Kier alpha value is -2.06. The van der Waals surface area contributed by atoms with Crippen LogP contribution in [0.3, 0.4) is 0 Å². The number of rotatable bonds is 6. The summed E-state index contributed by atoms with van der Waals surface area (Å²) in [4.78, 5) is 7.74. The van der Waals surface area contributed by atoms with Gasteiger partial charge in [-0.1, -0.05) is 24.3 Å². The van der Waals surface area contributed by atoms with Crippen LogP contribution in [0.5, 0.6) is 0 Å². The van der Waals surface area contributed by atoms with Gasteiger partial charge in [-0.15, -0.1) is 11.3 Å². The van der Waals surface area contributed by atoms with Crippen molar-refractivity contribution in [2.75, 3.05) is 40.4 Å². The van der Waals surface area contributed by atoms with Crippen LogP contribution in [0.2, 0.25) is 0 Å². The third-order valence-electron chi connectivity index (χ3n) is 5.68. The molecule has 3 rings (SSSR count). The Bertz CT molecular complexity index is 830. The number of halogens is 3. The first-order chi connectivity index (χ1) is 14.3. The Kier molecular flexibility index (Phi) is 7.41. The minimum Gasteiger partial charge on any atom is -0.381 e. The van der Waals surface area contributed by atoms with Crippen molar-refractivity contribution in [3.8, 4) is 0 Å². The van der Waals surface area contributed by atoms with E-state index in [0.29, 0.717) is 38.2 Å². The smallest absolute Gasteiger partial charge is 0.381 e. The first-order valence-electron chi connectivity index (χ1n) is 10.0. The van der Waals surface area contributed by atoms with Crippen molar-refractivity contribution in [3.05, 3.63) is 57.8 Å².